The van der Waals surface area contributed by atoms with E-state index in [1.54, 1.807) is 14.4 Å². The number of aryl methyl sites for hydroxylation is 2. The summed E-state index contributed by atoms with van der Waals surface area (Å²) in [4.78, 5) is 82.6. The normalized spacial score (nSPS) is 20.5. The molecule has 19 heteroatoms. The predicted molar refractivity (Wildman–Crippen MR) is 258 cm³/mol. The number of carbonyl (C=O) groups is 4. The number of amides is 2. The van der Waals surface area contributed by atoms with Crippen molar-refractivity contribution < 1.29 is 56.8 Å². The summed E-state index contributed by atoms with van der Waals surface area (Å²) in [6.45, 7) is 7.78. The summed E-state index contributed by atoms with van der Waals surface area (Å²) in [5.41, 5.74) is -2.58. The molecule has 72 heavy (non-hydrogen) atoms. The molecule has 14 nitrogen and oxygen atoms in total. The van der Waals surface area contributed by atoms with E-state index in [1.165, 1.54) is 29.1 Å². The average Bonchev–Trinajstić information content (AvgIpc) is 4.25. The van der Waals surface area contributed by atoms with Crippen LogP contribution in [-0.2, 0) is 30.5 Å². The number of aromatic hydroxyl groups is 1. The minimum Gasteiger partial charge on any atom is -0.503 e. The molecule has 3 N–H and O–H groups in total. The van der Waals surface area contributed by atoms with Gasteiger partial charge in [-0.2, -0.15) is 0 Å². The molecule has 0 saturated heterocycles. The van der Waals surface area contributed by atoms with Crippen LogP contribution >= 0.6 is 12.4 Å². The smallest absolute Gasteiger partial charge is 0.274 e. The Bertz CT molecular complexity index is 3070. The fraction of sp³-hybridized carbons (Fsp3) is 0.396. The third-order valence-electron chi connectivity index (χ3n) is 14.3. The van der Waals surface area contributed by atoms with Gasteiger partial charge in [0.25, 0.3) is 11.8 Å². The fourth-order valence-electron chi connectivity index (χ4n) is 9.95. The van der Waals surface area contributed by atoms with Crippen LogP contribution in [0.2, 0.25) is 0 Å². The third-order valence-corrected chi connectivity index (χ3v) is 14.3. The van der Waals surface area contributed by atoms with Gasteiger partial charge < -0.3 is 39.0 Å². The quantitative estimate of drug-likeness (QED) is 0.0749. The van der Waals surface area contributed by atoms with E-state index in [4.69, 9.17) is 4.74 Å². The summed E-state index contributed by atoms with van der Waals surface area (Å²) in [5.74, 6) is -6.43. The SMILES string of the molecule is CC(C)N1C[C@]2(C[C@H]2CO)n2cc(C(=O)CCc3ccc(F)cc3F)c(=O)c(O)c2C1=O.CC(C)N1C[C@]2(C[C@H]2CO)n2cc(C(=O)CCc3ccc(F)cc3F)c(=O)c(OCc3ccccc3)c2C1=O.Cl. The number of halogens is 5. The molecule has 2 spiro atoms. The van der Waals surface area contributed by atoms with Crippen LogP contribution < -0.4 is 15.6 Å². The zero-order valence-electron chi connectivity index (χ0n) is 40.0. The summed E-state index contributed by atoms with van der Waals surface area (Å²) in [5, 5.41) is 30.4. The van der Waals surface area contributed by atoms with E-state index in [2.05, 4.69) is 0 Å². The molecule has 382 valence electrons. The van der Waals surface area contributed by atoms with Crippen LogP contribution in [0.1, 0.15) is 112 Å². The van der Waals surface area contributed by atoms with Gasteiger partial charge in [0.2, 0.25) is 10.9 Å². The molecule has 4 aliphatic rings. The number of Topliss-reactive ketones (excluding diaryl/α,β-unsaturated/α-hetero) is 2. The number of aromatic nitrogens is 2. The highest BCUT2D eigenvalue weighted by Crippen LogP contribution is 2.55. The van der Waals surface area contributed by atoms with Gasteiger partial charge in [-0.05, 0) is 82.2 Å². The highest BCUT2D eigenvalue weighted by molar-refractivity contribution is 6.01. The molecule has 2 fully saturated rings. The van der Waals surface area contributed by atoms with Gasteiger partial charge in [-0.1, -0.05) is 42.5 Å². The van der Waals surface area contributed by atoms with Crippen molar-refractivity contribution in [2.45, 2.75) is 96.0 Å². The monoisotopic (exact) mass is 1020 g/mol. The van der Waals surface area contributed by atoms with Crippen LogP contribution in [0.5, 0.6) is 11.5 Å². The number of ketones is 2. The maximum Gasteiger partial charge on any atom is 0.274 e. The Hall–Kier alpha value is -6.63. The molecule has 2 aromatic heterocycles. The van der Waals surface area contributed by atoms with Gasteiger partial charge in [0.1, 0.15) is 29.9 Å². The number of aliphatic hydroxyl groups excluding tert-OH is 2. The Morgan fingerprint density at radius 3 is 1.54 bits per heavy atom. The highest BCUT2D eigenvalue weighted by Gasteiger charge is 2.62. The van der Waals surface area contributed by atoms with Crippen LogP contribution in [-0.4, -0.2) is 96.0 Å². The lowest BCUT2D eigenvalue weighted by molar-refractivity contribution is 0.0544. The maximum atomic E-state index is 14.2. The first-order valence-electron chi connectivity index (χ1n) is 23.5. The molecule has 2 amide bonds. The number of pyridine rings is 2. The number of rotatable bonds is 15. The predicted octanol–water partition coefficient (Wildman–Crippen LogP) is 6.73. The molecular weight excluding hydrogens is 964 g/mol. The molecule has 2 aliphatic carbocycles. The summed E-state index contributed by atoms with van der Waals surface area (Å²) < 4.78 is 63.6. The number of benzene rings is 3. The Morgan fingerprint density at radius 1 is 0.667 bits per heavy atom. The lowest BCUT2D eigenvalue weighted by Gasteiger charge is -2.40. The minimum absolute atomic E-state index is 0. The Labute approximate surface area is 417 Å². The van der Waals surface area contributed by atoms with E-state index in [1.807, 2.05) is 58.0 Å². The van der Waals surface area contributed by atoms with Gasteiger partial charge in [0.15, 0.2) is 34.5 Å². The number of ether oxygens (including phenoxy) is 1. The van der Waals surface area contributed by atoms with Crippen molar-refractivity contribution in [1.29, 1.82) is 0 Å². The Balaban J connectivity index is 0.000000212. The summed E-state index contributed by atoms with van der Waals surface area (Å²) in [7, 11) is 0. The van der Waals surface area contributed by atoms with Gasteiger partial charge in [-0.15, -0.1) is 12.4 Å². The summed E-state index contributed by atoms with van der Waals surface area (Å²) in [6, 6.07) is 15.0. The van der Waals surface area contributed by atoms with Crippen molar-refractivity contribution >= 4 is 35.8 Å². The number of hydrogen-bond acceptors (Lipinski definition) is 10. The molecule has 0 radical (unpaired) electrons. The van der Waals surface area contributed by atoms with Crippen molar-refractivity contribution in [2.24, 2.45) is 11.8 Å². The first-order chi connectivity index (χ1) is 33.8. The topological polar surface area (TPSA) is 189 Å². The molecule has 4 heterocycles. The summed E-state index contributed by atoms with van der Waals surface area (Å²) in [6.07, 6.45) is 3.27. The highest BCUT2D eigenvalue weighted by atomic mass is 35.5. The molecule has 5 aromatic rings. The van der Waals surface area contributed by atoms with Crippen LogP contribution in [0.25, 0.3) is 0 Å². The second-order valence-corrected chi connectivity index (χ2v) is 19.4. The van der Waals surface area contributed by atoms with Crippen molar-refractivity contribution in [2.75, 3.05) is 26.3 Å². The Kier molecular flexibility index (Phi) is 15.4. The van der Waals surface area contributed by atoms with Gasteiger partial charge >= 0.3 is 0 Å². The number of nitrogens with zero attached hydrogens (tertiary/aromatic N) is 4. The number of aliphatic hydroxyl groups is 2. The first-order valence-corrected chi connectivity index (χ1v) is 23.5. The minimum atomic E-state index is -0.962. The molecule has 4 atom stereocenters. The van der Waals surface area contributed by atoms with E-state index in [9.17, 15) is 61.6 Å². The van der Waals surface area contributed by atoms with Gasteiger partial charge in [0, 0.05) is 87.6 Å². The van der Waals surface area contributed by atoms with Crippen LogP contribution in [0.3, 0.4) is 0 Å². The Morgan fingerprint density at radius 2 is 1.11 bits per heavy atom. The van der Waals surface area contributed by atoms with E-state index in [-0.39, 0.29) is 127 Å². The van der Waals surface area contributed by atoms with Gasteiger partial charge in [0.05, 0.1) is 22.2 Å². The van der Waals surface area contributed by atoms with Crippen molar-refractivity contribution in [3.05, 3.63) is 162 Å². The van der Waals surface area contributed by atoms with Crippen LogP contribution in [0, 0.1) is 35.1 Å². The second-order valence-electron chi connectivity index (χ2n) is 19.4. The lowest BCUT2D eigenvalue weighted by atomic mass is 9.99. The number of carbonyl (C=O) groups excluding carboxylic acids is 4. The second kappa shape index (κ2) is 20.8. The van der Waals surface area contributed by atoms with Crippen molar-refractivity contribution in [3.8, 4) is 11.5 Å². The van der Waals surface area contributed by atoms with Crippen LogP contribution in [0.4, 0.5) is 17.6 Å². The maximum absolute atomic E-state index is 14.2. The molecule has 3 aromatic carbocycles. The fourth-order valence-corrected chi connectivity index (χ4v) is 9.95. The number of fused-ring (bicyclic) bond motifs is 4. The lowest BCUT2D eigenvalue weighted by Crippen LogP contribution is -2.52. The van der Waals surface area contributed by atoms with E-state index in [0.29, 0.717) is 25.9 Å². The van der Waals surface area contributed by atoms with Crippen LogP contribution in [0.15, 0.2) is 88.7 Å². The molecule has 2 aliphatic heterocycles. The molecule has 2 saturated carbocycles. The van der Waals surface area contributed by atoms with E-state index >= 15 is 0 Å². The molecular formula is C53H55ClF4N4O10. The first kappa shape index (κ1) is 53.2. The molecule has 0 bridgehead atoms. The standard InChI is InChI=1S/C30H30F2N2O5.C23H24F2N2O5.ClH/c1-18(2)33-17-30(13-21(30)15-35)34-14-23(25(36)11-9-20-8-10-22(31)12-24(20)32)27(37)28(26(34)29(33)38)39-16-19-6-4-3-5-7-19;1-12(2)26-11-23(8-14(23)10-28)27-9-16(20(30)21(31)19(27)22(26)32)18(29)6-4-13-3-5-15(24)7-17(13)25;/h3-8,10,12,14,18,21,35H,9,11,13,15-17H2,1-2H3;3,5,7,9,12,14,28,31H,4,6,8,10-11H2,1-2H3;1H/t21-,30-;14-,23-;/m00./s1. The zero-order valence-corrected chi connectivity index (χ0v) is 40.8. The van der Waals surface area contributed by atoms with E-state index < -0.39 is 68.4 Å². The summed E-state index contributed by atoms with van der Waals surface area (Å²) >= 11 is 0. The number of hydrogen-bond donors (Lipinski definition) is 3. The molecule has 0 unspecified atom stereocenters. The third kappa shape index (κ3) is 9.83. The van der Waals surface area contributed by atoms with Gasteiger partial charge in [-0.25, -0.2) is 17.6 Å². The molecule has 9 rings (SSSR count). The average molecular weight is 1020 g/mol. The van der Waals surface area contributed by atoms with Crippen molar-refractivity contribution in [1.82, 2.24) is 18.9 Å². The largest absolute Gasteiger partial charge is 0.503 e. The van der Waals surface area contributed by atoms with Crippen molar-refractivity contribution in [3.63, 3.8) is 0 Å². The zero-order chi connectivity index (χ0) is 51.3. The van der Waals surface area contributed by atoms with Gasteiger partial charge in [-0.3, -0.25) is 28.8 Å². The van der Waals surface area contributed by atoms with E-state index in [0.717, 1.165) is 29.8 Å².